The number of nitrogens with zero attached hydrogens (tertiary/aromatic N) is 2. The van der Waals surface area contributed by atoms with Gasteiger partial charge in [0.25, 0.3) is 0 Å². The van der Waals surface area contributed by atoms with Crippen molar-refractivity contribution in [2.24, 2.45) is 0 Å². The lowest BCUT2D eigenvalue weighted by Crippen LogP contribution is -2.70. The van der Waals surface area contributed by atoms with Crippen LogP contribution in [0.1, 0.15) is 38.5 Å². The van der Waals surface area contributed by atoms with Gasteiger partial charge in [-0.3, -0.25) is 0 Å². The number of hydrogen-bond donors (Lipinski definition) is 0. The molecule has 0 N–H and O–H groups in total. The summed E-state index contributed by atoms with van der Waals surface area (Å²) in [5, 5.41) is 6.34. The fraction of sp³-hybridized carbons (Fsp3) is 0.294. The molecule has 0 atom stereocenters. The largest absolute Gasteiger partial charge is 0.372 e. The van der Waals surface area contributed by atoms with E-state index in [-0.39, 0.29) is 0 Å². The maximum absolute atomic E-state index is 2.63. The zero-order valence-corrected chi connectivity index (χ0v) is 22.5. The monoisotopic (exact) mass is 498 g/mol. The predicted octanol–water partition coefficient (Wildman–Crippen LogP) is 5.01. The van der Waals surface area contributed by atoms with Gasteiger partial charge >= 0.3 is 0 Å². The molecule has 184 valence electrons. The summed E-state index contributed by atoms with van der Waals surface area (Å²) in [6.07, 6.45) is 7.98. The fourth-order valence-corrected chi connectivity index (χ4v) is 13.4. The SMILES string of the molecule is c1ccc2c(c1)-c1ccccc1[Si]21c2ccc(N3CCCCC3)cc2-c2cc(N3CCCCC3)ccc21. The Morgan fingerprint density at radius 2 is 0.811 bits per heavy atom. The van der Waals surface area contributed by atoms with Gasteiger partial charge in [-0.1, -0.05) is 60.7 Å². The lowest BCUT2D eigenvalue weighted by molar-refractivity contribution is 0.578. The molecular weight excluding hydrogens is 464 g/mol. The van der Waals surface area contributed by atoms with Crippen molar-refractivity contribution in [2.75, 3.05) is 36.0 Å². The van der Waals surface area contributed by atoms with Crippen LogP contribution in [0.3, 0.4) is 0 Å². The van der Waals surface area contributed by atoms with Crippen molar-refractivity contribution in [2.45, 2.75) is 38.5 Å². The highest BCUT2D eigenvalue weighted by Gasteiger charge is 2.54. The van der Waals surface area contributed by atoms with Crippen molar-refractivity contribution < 1.29 is 0 Å². The minimum absolute atomic E-state index is 1.19. The second kappa shape index (κ2) is 8.36. The number of rotatable bonds is 2. The predicted molar refractivity (Wildman–Crippen MR) is 160 cm³/mol. The molecule has 0 saturated carbocycles. The summed E-state index contributed by atoms with van der Waals surface area (Å²) in [4.78, 5) is 5.25. The van der Waals surface area contributed by atoms with Gasteiger partial charge in [-0.2, -0.15) is 0 Å². The summed E-state index contributed by atoms with van der Waals surface area (Å²) in [5.74, 6) is 0. The standard InChI is InChI=1S/C34H34N2Si/c1-7-19-35(20-8-1)25-15-17-33-29(23-25)30-24-26(36-21-9-2-10-22-36)16-18-34(30)37(33)31-13-5-3-11-27(31)28-12-4-6-14-32(28)37/h3-6,11-18,23-24H,1-2,7-10,19-22H2. The maximum Gasteiger partial charge on any atom is 0.182 e. The van der Waals surface area contributed by atoms with Gasteiger partial charge in [0, 0.05) is 37.6 Å². The Morgan fingerprint density at radius 3 is 1.27 bits per heavy atom. The van der Waals surface area contributed by atoms with Gasteiger partial charge in [0.2, 0.25) is 0 Å². The number of anilines is 2. The van der Waals surface area contributed by atoms with E-state index in [1.165, 1.54) is 98.3 Å². The van der Waals surface area contributed by atoms with Crippen LogP contribution >= 0.6 is 0 Å². The summed E-state index contributed by atoms with van der Waals surface area (Å²) in [7, 11) is -2.33. The van der Waals surface area contributed by atoms with Crippen LogP contribution in [0.25, 0.3) is 22.3 Å². The Morgan fingerprint density at radius 1 is 0.405 bits per heavy atom. The van der Waals surface area contributed by atoms with Gasteiger partial charge in [-0.05, 0) is 106 Å². The summed E-state index contributed by atoms with van der Waals surface area (Å²) in [6.45, 7) is 4.75. The highest BCUT2D eigenvalue weighted by Crippen LogP contribution is 2.39. The van der Waals surface area contributed by atoms with Gasteiger partial charge in [0.15, 0.2) is 8.07 Å². The lowest BCUT2D eigenvalue weighted by Gasteiger charge is -2.31. The van der Waals surface area contributed by atoms with Crippen molar-refractivity contribution in [3.63, 3.8) is 0 Å². The molecule has 4 aliphatic heterocycles. The van der Waals surface area contributed by atoms with Gasteiger partial charge in [-0.25, -0.2) is 0 Å². The minimum Gasteiger partial charge on any atom is -0.372 e. The van der Waals surface area contributed by atoms with Crippen LogP contribution in [0.4, 0.5) is 11.4 Å². The highest BCUT2D eigenvalue weighted by molar-refractivity contribution is 7.24. The maximum atomic E-state index is 2.63. The molecule has 4 aliphatic rings. The second-order valence-electron chi connectivity index (χ2n) is 11.4. The minimum atomic E-state index is -2.33. The number of fused-ring (bicyclic) bond motifs is 10. The van der Waals surface area contributed by atoms with Crippen molar-refractivity contribution in [1.82, 2.24) is 0 Å². The van der Waals surface area contributed by atoms with Crippen molar-refractivity contribution in [3.05, 3.63) is 84.9 Å². The third kappa shape index (κ3) is 3.04. The summed E-state index contributed by atoms with van der Waals surface area (Å²) < 4.78 is 0. The Kier molecular flexibility index (Phi) is 4.91. The molecule has 37 heavy (non-hydrogen) atoms. The molecule has 0 radical (unpaired) electrons. The molecule has 4 aromatic carbocycles. The van der Waals surface area contributed by atoms with Gasteiger partial charge in [-0.15, -0.1) is 0 Å². The average molecular weight is 499 g/mol. The van der Waals surface area contributed by atoms with Crippen LogP contribution in [-0.2, 0) is 0 Å². The Hall–Kier alpha value is -3.30. The fourth-order valence-electron chi connectivity index (χ4n) is 7.82. The summed E-state index contributed by atoms with van der Waals surface area (Å²) >= 11 is 0. The van der Waals surface area contributed by atoms with E-state index in [9.17, 15) is 0 Å². The first-order valence-corrected chi connectivity index (χ1v) is 16.3. The quantitative estimate of drug-likeness (QED) is 0.310. The molecule has 8 rings (SSSR count). The molecule has 1 spiro atoms. The van der Waals surface area contributed by atoms with Gasteiger partial charge in [0.05, 0.1) is 0 Å². The lowest BCUT2D eigenvalue weighted by atomic mass is 10.0. The molecule has 0 aromatic heterocycles. The first kappa shape index (κ1) is 21.8. The third-order valence-corrected chi connectivity index (χ3v) is 14.5. The average Bonchev–Trinajstić information content (AvgIpc) is 3.44. The second-order valence-corrected chi connectivity index (χ2v) is 15.1. The van der Waals surface area contributed by atoms with E-state index >= 15 is 0 Å². The van der Waals surface area contributed by atoms with Crippen LogP contribution in [0.5, 0.6) is 0 Å². The molecule has 3 heteroatoms. The summed E-state index contributed by atoms with van der Waals surface area (Å²) in [5.41, 5.74) is 8.72. The molecule has 2 saturated heterocycles. The van der Waals surface area contributed by atoms with E-state index in [4.69, 9.17) is 0 Å². The Balaban J connectivity index is 1.40. The molecule has 4 heterocycles. The van der Waals surface area contributed by atoms with Crippen LogP contribution in [0.2, 0.25) is 0 Å². The molecule has 2 fully saturated rings. The van der Waals surface area contributed by atoms with Crippen LogP contribution in [0, 0.1) is 0 Å². The summed E-state index contributed by atoms with van der Waals surface area (Å²) in [6, 6.07) is 33.6. The Bertz CT molecular complexity index is 1400. The number of benzene rings is 4. The topological polar surface area (TPSA) is 6.48 Å². The van der Waals surface area contributed by atoms with E-state index in [0.717, 1.165) is 0 Å². The Labute approximate surface area is 221 Å². The first-order chi connectivity index (χ1) is 18.4. The van der Waals surface area contributed by atoms with Crippen molar-refractivity contribution in [1.29, 1.82) is 0 Å². The molecule has 0 amide bonds. The normalized spacial score (nSPS) is 18.9. The first-order valence-electron chi connectivity index (χ1n) is 14.3. The van der Waals surface area contributed by atoms with E-state index in [1.54, 1.807) is 20.7 Å². The van der Waals surface area contributed by atoms with Gasteiger partial charge < -0.3 is 9.80 Å². The van der Waals surface area contributed by atoms with Crippen LogP contribution < -0.4 is 30.5 Å². The van der Waals surface area contributed by atoms with Crippen LogP contribution in [0.15, 0.2) is 84.9 Å². The highest BCUT2D eigenvalue weighted by atomic mass is 28.3. The molecule has 0 aliphatic carbocycles. The molecule has 0 bridgehead atoms. The smallest absolute Gasteiger partial charge is 0.182 e. The van der Waals surface area contributed by atoms with E-state index in [2.05, 4.69) is 94.7 Å². The zero-order valence-electron chi connectivity index (χ0n) is 21.5. The molecule has 0 unspecified atom stereocenters. The van der Waals surface area contributed by atoms with Gasteiger partial charge in [0.1, 0.15) is 0 Å². The molecule has 2 nitrogen and oxygen atoms in total. The zero-order chi connectivity index (χ0) is 24.4. The molecule has 4 aromatic rings. The van der Waals surface area contributed by atoms with E-state index in [1.807, 2.05) is 0 Å². The third-order valence-electron chi connectivity index (χ3n) is 9.50. The van der Waals surface area contributed by atoms with E-state index < -0.39 is 8.07 Å². The van der Waals surface area contributed by atoms with Crippen molar-refractivity contribution in [3.8, 4) is 22.3 Å². The number of hydrogen-bond acceptors (Lipinski definition) is 2. The van der Waals surface area contributed by atoms with Crippen molar-refractivity contribution >= 4 is 40.2 Å². The molecular formula is C34H34N2Si. The van der Waals surface area contributed by atoms with E-state index in [0.29, 0.717) is 0 Å². The van der Waals surface area contributed by atoms with Crippen LogP contribution in [-0.4, -0.2) is 34.3 Å². The number of piperidine rings is 2.